The SMILES string of the molecule is COc1ccc2cc(CN(C)Cn3nnn(-c4ccccc4)c3=S)ccc2c1. The predicted octanol–water partition coefficient (Wildman–Crippen LogP) is 4.05. The molecule has 3 aromatic carbocycles. The summed E-state index contributed by atoms with van der Waals surface area (Å²) in [6.45, 7) is 1.34. The molecule has 0 fully saturated rings. The van der Waals surface area contributed by atoms with Crippen LogP contribution in [0.2, 0.25) is 0 Å². The van der Waals surface area contributed by atoms with Crippen LogP contribution in [0, 0.1) is 4.77 Å². The number of nitrogens with zero attached hydrogens (tertiary/aromatic N) is 5. The zero-order valence-electron chi connectivity index (χ0n) is 15.8. The van der Waals surface area contributed by atoms with E-state index in [4.69, 9.17) is 17.0 Å². The smallest absolute Gasteiger partial charge is 0.221 e. The van der Waals surface area contributed by atoms with Gasteiger partial charge in [-0.1, -0.05) is 36.4 Å². The number of fused-ring (bicyclic) bond motifs is 1. The second kappa shape index (κ2) is 7.92. The second-order valence-corrected chi connectivity index (χ2v) is 7.08. The molecule has 28 heavy (non-hydrogen) atoms. The lowest BCUT2D eigenvalue weighted by atomic mass is 10.1. The van der Waals surface area contributed by atoms with Gasteiger partial charge < -0.3 is 4.74 Å². The fraction of sp³-hybridized carbons (Fsp3) is 0.190. The minimum atomic E-state index is 0.562. The lowest BCUT2D eigenvalue weighted by Crippen LogP contribution is -2.22. The molecule has 0 atom stereocenters. The summed E-state index contributed by atoms with van der Waals surface area (Å²) in [7, 11) is 3.73. The van der Waals surface area contributed by atoms with Crippen molar-refractivity contribution in [1.82, 2.24) is 24.7 Å². The van der Waals surface area contributed by atoms with Crippen molar-refractivity contribution in [3.63, 3.8) is 0 Å². The quantitative estimate of drug-likeness (QED) is 0.464. The van der Waals surface area contributed by atoms with Gasteiger partial charge in [-0.15, -0.1) is 0 Å². The minimum absolute atomic E-state index is 0.562. The number of aromatic nitrogens is 4. The van der Waals surface area contributed by atoms with Crippen LogP contribution in [-0.4, -0.2) is 38.8 Å². The summed E-state index contributed by atoms with van der Waals surface area (Å²) < 4.78 is 9.27. The Morgan fingerprint density at radius 3 is 2.50 bits per heavy atom. The van der Waals surface area contributed by atoms with Crippen LogP contribution in [0.25, 0.3) is 16.5 Å². The molecule has 7 heteroatoms. The van der Waals surface area contributed by atoms with Crippen LogP contribution >= 0.6 is 12.2 Å². The first-order valence-electron chi connectivity index (χ1n) is 8.97. The van der Waals surface area contributed by atoms with E-state index in [1.54, 1.807) is 16.5 Å². The Labute approximate surface area is 168 Å². The molecule has 1 heterocycles. The van der Waals surface area contributed by atoms with Gasteiger partial charge in [0.05, 0.1) is 19.5 Å². The van der Waals surface area contributed by atoms with Crippen molar-refractivity contribution in [2.75, 3.05) is 14.2 Å². The lowest BCUT2D eigenvalue weighted by molar-refractivity contribution is 0.242. The molecule has 0 saturated carbocycles. The monoisotopic (exact) mass is 391 g/mol. The van der Waals surface area contributed by atoms with E-state index < -0.39 is 0 Å². The van der Waals surface area contributed by atoms with Crippen molar-refractivity contribution in [1.29, 1.82) is 0 Å². The van der Waals surface area contributed by atoms with Crippen molar-refractivity contribution in [3.8, 4) is 11.4 Å². The highest BCUT2D eigenvalue weighted by Gasteiger charge is 2.09. The van der Waals surface area contributed by atoms with Gasteiger partial charge in [0.25, 0.3) is 0 Å². The molecular weight excluding hydrogens is 370 g/mol. The number of ether oxygens (including phenoxy) is 1. The first-order valence-corrected chi connectivity index (χ1v) is 9.38. The molecule has 0 saturated heterocycles. The third-order valence-corrected chi connectivity index (χ3v) is 4.96. The molecule has 1 aromatic heterocycles. The molecule has 0 aliphatic heterocycles. The molecule has 0 unspecified atom stereocenters. The maximum Gasteiger partial charge on any atom is 0.221 e. The standard InChI is InChI=1S/C21H21N5OS/c1-24(14-16-8-9-18-13-20(27-2)11-10-17(18)12-16)15-25-21(28)26(23-22-25)19-6-4-3-5-7-19/h3-13H,14-15H2,1-2H3. The first-order chi connectivity index (χ1) is 13.6. The van der Waals surface area contributed by atoms with E-state index in [0.29, 0.717) is 11.4 Å². The van der Waals surface area contributed by atoms with E-state index in [0.717, 1.165) is 18.0 Å². The van der Waals surface area contributed by atoms with Gasteiger partial charge in [-0.25, -0.2) is 4.68 Å². The van der Waals surface area contributed by atoms with E-state index in [-0.39, 0.29) is 0 Å². The first kappa shape index (κ1) is 18.3. The Morgan fingerprint density at radius 2 is 1.71 bits per heavy atom. The number of rotatable bonds is 6. The van der Waals surface area contributed by atoms with Crippen LogP contribution in [0.5, 0.6) is 5.75 Å². The number of benzene rings is 3. The molecule has 142 valence electrons. The van der Waals surface area contributed by atoms with Crippen molar-refractivity contribution in [2.45, 2.75) is 13.2 Å². The molecule has 6 nitrogen and oxygen atoms in total. The van der Waals surface area contributed by atoms with E-state index in [1.165, 1.54) is 16.3 Å². The van der Waals surface area contributed by atoms with Crippen LogP contribution in [0.3, 0.4) is 0 Å². The van der Waals surface area contributed by atoms with Crippen LogP contribution in [0.15, 0.2) is 66.7 Å². The van der Waals surface area contributed by atoms with Crippen molar-refractivity contribution in [3.05, 3.63) is 77.1 Å². The van der Waals surface area contributed by atoms with Gasteiger partial charge in [-0.2, -0.15) is 4.68 Å². The maximum absolute atomic E-state index is 5.54. The molecular formula is C21H21N5OS. The third-order valence-electron chi connectivity index (χ3n) is 4.58. The summed E-state index contributed by atoms with van der Waals surface area (Å²) in [6, 6.07) is 22.4. The summed E-state index contributed by atoms with van der Waals surface area (Å²) >= 11 is 5.54. The third kappa shape index (κ3) is 3.81. The number of hydrogen-bond donors (Lipinski definition) is 0. The number of hydrogen-bond acceptors (Lipinski definition) is 5. The Balaban J connectivity index is 1.49. The zero-order valence-corrected chi connectivity index (χ0v) is 16.6. The maximum atomic E-state index is 5.54. The molecule has 0 N–H and O–H groups in total. The Morgan fingerprint density at radius 1 is 0.964 bits per heavy atom. The average molecular weight is 392 g/mol. The van der Waals surface area contributed by atoms with Gasteiger partial charge in [0.2, 0.25) is 4.77 Å². The predicted molar refractivity (Wildman–Crippen MR) is 112 cm³/mol. The zero-order chi connectivity index (χ0) is 19.5. The van der Waals surface area contributed by atoms with Crippen LogP contribution in [0.4, 0.5) is 0 Å². The normalized spacial score (nSPS) is 11.2. The Hall–Kier alpha value is -3.03. The molecule has 0 spiro atoms. The highest BCUT2D eigenvalue weighted by molar-refractivity contribution is 7.71. The van der Waals surface area contributed by atoms with E-state index >= 15 is 0 Å². The second-order valence-electron chi connectivity index (χ2n) is 6.71. The average Bonchev–Trinajstić information content (AvgIpc) is 3.08. The number of methoxy groups -OCH3 is 1. The van der Waals surface area contributed by atoms with Gasteiger partial charge in [-0.3, -0.25) is 4.90 Å². The van der Waals surface area contributed by atoms with Crippen LogP contribution in [-0.2, 0) is 13.2 Å². The summed E-state index contributed by atoms with van der Waals surface area (Å²) in [6.07, 6.45) is 0. The number of tetrazole rings is 1. The van der Waals surface area contributed by atoms with Gasteiger partial charge in [0, 0.05) is 6.54 Å². The molecule has 0 aliphatic carbocycles. The Bertz CT molecular complexity index is 1150. The molecule has 0 radical (unpaired) electrons. The lowest BCUT2D eigenvalue weighted by Gasteiger charge is -2.16. The van der Waals surface area contributed by atoms with Gasteiger partial charge in [0.1, 0.15) is 5.75 Å². The molecule has 4 aromatic rings. The summed E-state index contributed by atoms with van der Waals surface area (Å²) in [5, 5.41) is 10.8. The Kier molecular flexibility index (Phi) is 5.18. The highest BCUT2D eigenvalue weighted by atomic mass is 32.1. The largest absolute Gasteiger partial charge is 0.497 e. The van der Waals surface area contributed by atoms with Crippen molar-refractivity contribution in [2.24, 2.45) is 0 Å². The molecule has 0 amide bonds. The molecule has 0 aliphatic rings. The van der Waals surface area contributed by atoms with Crippen molar-refractivity contribution >= 4 is 23.0 Å². The summed E-state index contributed by atoms with van der Waals surface area (Å²) in [5.74, 6) is 0.869. The van der Waals surface area contributed by atoms with E-state index in [1.807, 2.05) is 49.5 Å². The fourth-order valence-electron chi connectivity index (χ4n) is 3.18. The fourth-order valence-corrected chi connectivity index (χ4v) is 3.42. The van der Waals surface area contributed by atoms with E-state index in [2.05, 4.69) is 39.6 Å². The number of para-hydroxylation sites is 1. The molecule has 0 bridgehead atoms. The van der Waals surface area contributed by atoms with E-state index in [9.17, 15) is 0 Å². The van der Waals surface area contributed by atoms with Gasteiger partial charge in [0.15, 0.2) is 0 Å². The van der Waals surface area contributed by atoms with Crippen LogP contribution in [0.1, 0.15) is 5.56 Å². The van der Waals surface area contributed by atoms with Crippen LogP contribution < -0.4 is 4.74 Å². The van der Waals surface area contributed by atoms with Gasteiger partial charge >= 0.3 is 0 Å². The summed E-state index contributed by atoms with van der Waals surface area (Å²) in [4.78, 5) is 2.16. The summed E-state index contributed by atoms with van der Waals surface area (Å²) in [5.41, 5.74) is 2.13. The van der Waals surface area contributed by atoms with Gasteiger partial charge in [-0.05, 0) is 76.4 Å². The minimum Gasteiger partial charge on any atom is -0.497 e. The van der Waals surface area contributed by atoms with Crippen molar-refractivity contribution < 1.29 is 4.74 Å². The molecule has 4 rings (SSSR count). The topological polar surface area (TPSA) is 48.1 Å². The highest BCUT2D eigenvalue weighted by Crippen LogP contribution is 2.22.